The summed E-state index contributed by atoms with van der Waals surface area (Å²) in [5.41, 5.74) is 7.48. The highest BCUT2D eigenvalue weighted by Gasteiger charge is 2.01. The van der Waals surface area contributed by atoms with Crippen LogP contribution in [0.2, 0.25) is 0 Å². The minimum absolute atomic E-state index is 0.285. The summed E-state index contributed by atoms with van der Waals surface area (Å²) in [6.45, 7) is 0.330. The number of hydrogen-bond acceptors (Lipinski definition) is 3. The molecule has 0 aliphatic heterocycles. The van der Waals surface area contributed by atoms with Crippen molar-refractivity contribution in [3.05, 3.63) is 48.2 Å². The molecule has 0 spiro atoms. The summed E-state index contributed by atoms with van der Waals surface area (Å²) in [6, 6.07) is 6.24. The van der Waals surface area contributed by atoms with Gasteiger partial charge in [-0.25, -0.2) is 9.37 Å². The van der Waals surface area contributed by atoms with Gasteiger partial charge in [-0.1, -0.05) is 12.1 Å². The minimum atomic E-state index is -0.285. The maximum atomic E-state index is 13.0. The Bertz CT molecular complexity index is 471. The van der Waals surface area contributed by atoms with E-state index in [0.29, 0.717) is 23.5 Å². The van der Waals surface area contributed by atoms with E-state index in [9.17, 15) is 4.39 Å². The third-order valence-electron chi connectivity index (χ3n) is 2.01. The first-order valence-electron chi connectivity index (χ1n) is 4.56. The topological polar surface area (TPSA) is 51.8 Å². The van der Waals surface area contributed by atoms with Gasteiger partial charge in [-0.2, -0.15) is 0 Å². The van der Waals surface area contributed by atoms with E-state index < -0.39 is 0 Å². The molecule has 1 aromatic carbocycles. The van der Waals surface area contributed by atoms with Crippen LogP contribution in [0.5, 0.6) is 0 Å². The molecule has 1 aromatic heterocycles. The molecule has 15 heavy (non-hydrogen) atoms. The zero-order valence-electron chi connectivity index (χ0n) is 8.02. The summed E-state index contributed by atoms with van der Waals surface area (Å²) in [5.74, 6) is -0.285. The van der Waals surface area contributed by atoms with Crippen molar-refractivity contribution in [1.82, 2.24) is 9.97 Å². The van der Waals surface area contributed by atoms with E-state index in [2.05, 4.69) is 9.97 Å². The fourth-order valence-electron chi connectivity index (χ4n) is 1.29. The Morgan fingerprint density at radius 1 is 1.27 bits per heavy atom. The standard InChI is InChI=1S/C11H10FN3/c12-9-3-1-2-8(4-9)11-7-14-6-10(5-13)15-11/h1-4,6-7H,5,13H2. The van der Waals surface area contributed by atoms with E-state index in [-0.39, 0.29) is 5.82 Å². The second kappa shape index (κ2) is 4.14. The Morgan fingerprint density at radius 2 is 2.13 bits per heavy atom. The average Bonchev–Trinajstić information content (AvgIpc) is 2.29. The fourth-order valence-corrected chi connectivity index (χ4v) is 1.29. The molecule has 0 amide bonds. The van der Waals surface area contributed by atoms with Crippen LogP contribution < -0.4 is 5.73 Å². The van der Waals surface area contributed by atoms with Crippen LogP contribution in [0.25, 0.3) is 11.3 Å². The van der Waals surface area contributed by atoms with Crippen molar-refractivity contribution in [3.63, 3.8) is 0 Å². The number of nitrogens with two attached hydrogens (primary N) is 1. The summed E-state index contributed by atoms with van der Waals surface area (Å²) in [4.78, 5) is 8.24. The Morgan fingerprint density at radius 3 is 2.87 bits per heavy atom. The van der Waals surface area contributed by atoms with Gasteiger partial charge < -0.3 is 5.73 Å². The molecule has 1 heterocycles. The highest BCUT2D eigenvalue weighted by atomic mass is 19.1. The number of hydrogen-bond donors (Lipinski definition) is 1. The molecule has 76 valence electrons. The quantitative estimate of drug-likeness (QED) is 0.808. The summed E-state index contributed by atoms with van der Waals surface area (Å²) >= 11 is 0. The maximum Gasteiger partial charge on any atom is 0.123 e. The zero-order chi connectivity index (χ0) is 10.7. The fraction of sp³-hybridized carbons (Fsp3) is 0.0909. The van der Waals surface area contributed by atoms with Crippen molar-refractivity contribution in [1.29, 1.82) is 0 Å². The number of nitrogens with zero attached hydrogens (tertiary/aromatic N) is 2. The smallest absolute Gasteiger partial charge is 0.123 e. The monoisotopic (exact) mass is 203 g/mol. The molecule has 0 unspecified atom stereocenters. The molecular formula is C11H10FN3. The maximum absolute atomic E-state index is 13.0. The largest absolute Gasteiger partial charge is 0.325 e. The second-order valence-corrected chi connectivity index (χ2v) is 3.11. The van der Waals surface area contributed by atoms with Gasteiger partial charge >= 0.3 is 0 Å². The van der Waals surface area contributed by atoms with Crippen molar-refractivity contribution < 1.29 is 4.39 Å². The first-order valence-corrected chi connectivity index (χ1v) is 4.56. The highest BCUT2D eigenvalue weighted by molar-refractivity contribution is 5.57. The summed E-state index contributed by atoms with van der Waals surface area (Å²) in [5, 5.41) is 0. The minimum Gasteiger partial charge on any atom is -0.325 e. The van der Waals surface area contributed by atoms with Gasteiger partial charge in [0.25, 0.3) is 0 Å². The van der Waals surface area contributed by atoms with E-state index >= 15 is 0 Å². The first kappa shape index (κ1) is 9.73. The van der Waals surface area contributed by atoms with E-state index in [1.54, 1.807) is 24.5 Å². The molecule has 0 bridgehead atoms. The number of benzene rings is 1. The van der Waals surface area contributed by atoms with Crippen molar-refractivity contribution in [2.75, 3.05) is 0 Å². The van der Waals surface area contributed by atoms with Gasteiger partial charge in [0.05, 0.1) is 17.6 Å². The molecule has 4 heteroatoms. The lowest BCUT2D eigenvalue weighted by molar-refractivity contribution is 0.628. The van der Waals surface area contributed by atoms with Crippen LogP contribution >= 0.6 is 0 Å². The van der Waals surface area contributed by atoms with Crippen LogP contribution in [0.4, 0.5) is 4.39 Å². The molecule has 2 aromatic rings. The average molecular weight is 203 g/mol. The van der Waals surface area contributed by atoms with Gasteiger partial charge in [-0.3, -0.25) is 4.98 Å². The van der Waals surface area contributed by atoms with Crippen LogP contribution in [0.15, 0.2) is 36.7 Å². The number of rotatable bonds is 2. The SMILES string of the molecule is NCc1cncc(-c2cccc(F)c2)n1. The molecule has 3 nitrogen and oxygen atoms in total. The lowest BCUT2D eigenvalue weighted by Crippen LogP contribution is -2.01. The normalized spacial score (nSPS) is 10.3. The predicted molar refractivity (Wildman–Crippen MR) is 55.3 cm³/mol. The predicted octanol–water partition coefficient (Wildman–Crippen LogP) is 1.74. The summed E-state index contributed by atoms with van der Waals surface area (Å²) < 4.78 is 13.0. The van der Waals surface area contributed by atoms with Crippen LogP contribution in [-0.2, 0) is 6.54 Å². The Labute approximate surface area is 86.8 Å². The van der Waals surface area contributed by atoms with Gasteiger partial charge in [0.2, 0.25) is 0 Å². The van der Waals surface area contributed by atoms with Crippen molar-refractivity contribution in [3.8, 4) is 11.3 Å². The second-order valence-electron chi connectivity index (χ2n) is 3.11. The lowest BCUT2D eigenvalue weighted by atomic mass is 10.1. The third kappa shape index (κ3) is 2.16. The molecule has 0 atom stereocenters. The molecule has 2 rings (SSSR count). The van der Waals surface area contributed by atoms with Crippen LogP contribution in [0, 0.1) is 5.82 Å². The van der Waals surface area contributed by atoms with E-state index in [1.165, 1.54) is 12.1 Å². The first-order chi connectivity index (χ1) is 7.29. The van der Waals surface area contributed by atoms with Gasteiger partial charge in [-0.15, -0.1) is 0 Å². The lowest BCUT2D eigenvalue weighted by Gasteiger charge is -2.02. The van der Waals surface area contributed by atoms with E-state index in [4.69, 9.17) is 5.73 Å². The molecule has 0 saturated carbocycles. The highest BCUT2D eigenvalue weighted by Crippen LogP contribution is 2.16. The molecule has 0 aliphatic carbocycles. The molecular weight excluding hydrogens is 193 g/mol. The van der Waals surface area contributed by atoms with Gasteiger partial charge in [0, 0.05) is 18.3 Å². The van der Waals surface area contributed by atoms with Crippen LogP contribution in [-0.4, -0.2) is 9.97 Å². The Hall–Kier alpha value is -1.81. The van der Waals surface area contributed by atoms with Crippen LogP contribution in [0.3, 0.4) is 0 Å². The van der Waals surface area contributed by atoms with Crippen molar-refractivity contribution in [2.24, 2.45) is 5.73 Å². The van der Waals surface area contributed by atoms with E-state index in [1.807, 2.05) is 0 Å². The van der Waals surface area contributed by atoms with Crippen LogP contribution in [0.1, 0.15) is 5.69 Å². The van der Waals surface area contributed by atoms with E-state index in [0.717, 1.165) is 0 Å². The Balaban J connectivity index is 2.44. The number of aromatic nitrogens is 2. The molecule has 0 fully saturated rings. The molecule has 0 aliphatic rings. The molecule has 2 N–H and O–H groups in total. The van der Waals surface area contributed by atoms with Crippen molar-refractivity contribution >= 4 is 0 Å². The van der Waals surface area contributed by atoms with Gasteiger partial charge in [-0.05, 0) is 12.1 Å². The molecule has 0 saturated heterocycles. The molecule has 0 radical (unpaired) electrons. The number of halogens is 1. The zero-order valence-corrected chi connectivity index (χ0v) is 8.02. The third-order valence-corrected chi connectivity index (χ3v) is 2.01. The summed E-state index contributed by atoms with van der Waals surface area (Å²) in [7, 11) is 0. The van der Waals surface area contributed by atoms with Gasteiger partial charge in [0.1, 0.15) is 5.82 Å². The Kier molecular flexibility index (Phi) is 2.69. The summed E-state index contributed by atoms with van der Waals surface area (Å²) in [6.07, 6.45) is 3.19. The van der Waals surface area contributed by atoms with Crippen molar-refractivity contribution in [2.45, 2.75) is 6.54 Å². The van der Waals surface area contributed by atoms with Gasteiger partial charge in [0.15, 0.2) is 0 Å².